The Bertz CT molecular complexity index is 691. The Labute approximate surface area is 138 Å². The van der Waals surface area contributed by atoms with Crippen LogP contribution in [0.3, 0.4) is 0 Å². The van der Waals surface area contributed by atoms with E-state index in [0.717, 1.165) is 12.0 Å². The minimum absolute atomic E-state index is 0.114. The van der Waals surface area contributed by atoms with Crippen LogP contribution in [-0.2, 0) is 17.6 Å². The molecule has 0 saturated heterocycles. The van der Waals surface area contributed by atoms with Crippen molar-refractivity contribution in [2.75, 3.05) is 18.5 Å². The van der Waals surface area contributed by atoms with Crippen molar-refractivity contribution < 1.29 is 17.9 Å². The lowest BCUT2D eigenvalue weighted by Crippen LogP contribution is -2.23. The molecule has 1 N–H and O–H groups in total. The fraction of sp³-hybridized carbons (Fsp3) is 0.412. The normalized spacial score (nSPS) is 17.4. The maximum atomic E-state index is 12.3. The van der Waals surface area contributed by atoms with Gasteiger partial charge in [-0.2, -0.15) is 13.2 Å². The summed E-state index contributed by atoms with van der Waals surface area (Å²) in [5, 5.41) is 3.06. The molecule has 0 spiro atoms. The van der Waals surface area contributed by atoms with Gasteiger partial charge in [-0.05, 0) is 30.0 Å². The first-order chi connectivity index (χ1) is 11.5. The van der Waals surface area contributed by atoms with Gasteiger partial charge in [0.25, 0.3) is 0 Å². The molecule has 0 bridgehead atoms. The van der Waals surface area contributed by atoms with E-state index in [9.17, 15) is 13.2 Å². The molecular formula is C17H18F3N3O. The van der Waals surface area contributed by atoms with Crippen LogP contribution < -0.4 is 5.32 Å². The number of hydrogen-bond acceptors (Lipinski definition) is 4. The molecule has 0 radical (unpaired) electrons. The molecule has 7 heteroatoms. The van der Waals surface area contributed by atoms with Crippen molar-refractivity contribution in [1.82, 2.24) is 9.97 Å². The van der Waals surface area contributed by atoms with Crippen LogP contribution in [0.25, 0.3) is 0 Å². The first-order valence-electron chi connectivity index (χ1n) is 7.83. The number of aromatic nitrogens is 2. The first kappa shape index (κ1) is 16.7. The predicted molar refractivity (Wildman–Crippen MR) is 83.7 cm³/mol. The number of ether oxygens (including phenoxy) is 1. The number of anilines is 1. The number of hydrogen-bond donors (Lipinski definition) is 1. The van der Waals surface area contributed by atoms with Crippen LogP contribution in [0, 0.1) is 0 Å². The average Bonchev–Trinajstić information content (AvgIpc) is 2.58. The van der Waals surface area contributed by atoms with Crippen LogP contribution in [0.2, 0.25) is 0 Å². The highest BCUT2D eigenvalue weighted by molar-refractivity contribution is 5.33. The number of alkyl halides is 3. The zero-order chi connectivity index (χ0) is 17.0. The fourth-order valence-corrected chi connectivity index (χ4v) is 2.72. The monoisotopic (exact) mass is 337 g/mol. The molecular weight excluding hydrogens is 319 g/mol. The van der Waals surface area contributed by atoms with Gasteiger partial charge in [0, 0.05) is 24.9 Å². The first-order valence-corrected chi connectivity index (χ1v) is 7.83. The Hall–Kier alpha value is -2.15. The van der Waals surface area contributed by atoms with Crippen LogP contribution in [0.4, 0.5) is 19.1 Å². The molecule has 0 amide bonds. The minimum atomic E-state index is -4.18. The number of aryl methyl sites for hydroxylation is 1. The van der Waals surface area contributed by atoms with E-state index in [1.165, 1.54) is 17.8 Å². The number of fused-ring (bicyclic) bond motifs is 1. The van der Waals surface area contributed by atoms with Gasteiger partial charge >= 0.3 is 6.18 Å². The van der Waals surface area contributed by atoms with Crippen LogP contribution in [0.15, 0.2) is 36.5 Å². The Morgan fingerprint density at radius 1 is 1.21 bits per heavy atom. The predicted octanol–water partition coefficient (Wildman–Crippen LogP) is 3.70. The minimum Gasteiger partial charge on any atom is -0.371 e. The van der Waals surface area contributed by atoms with Crippen molar-refractivity contribution in [2.24, 2.45) is 0 Å². The molecule has 0 aliphatic carbocycles. The Morgan fingerprint density at radius 2 is 2.04 bits per heavy atom. The lowest BCUT2D eigenvalue weighted by Gasteiger charge is -2.26. The van der Waals surface area contributed by atoms with Gasteiger partial charge in [0.1, 0.15) is 6.10 Å². The largest absolute Gasteiger partial charge is 0.389 e. The van der Waals surface area contributed by atoms with Crippen molar-refractivity contribution in [1.29, 1.82) is 0 Å². The summed E-state index contributed by atoms with van der Waals surface area (Å²) in [4.78, 5) is 8.20. The van der Waals surface area contributed by atoms with Gasteiger partial charge in [-0.15, -0.1) is 0 Å². The highest BCUT2D eigenvalue weighted by Gasteiger charge is 2.26. The van der Waals surface area contributed by atoms with E-state index in [4.69, 9.17) is 4.74 Å². The number of benzene rings is 1. The molecule has 1 atom stereocenters. The smallest absolute Gasteiger partial charge is 0.371 e. The van der Waals surface area contributed by atoms with Crippen molar-refractivity contribution >= 4 is 5.95 Å². The Balaban J connectivity index is 1.61. The van der Waals surface area contributed by atoms with E-state index < -0.39 is 12.6 Å². The molecule has 0 saturated carbocycles. The topological polar surface area (TPSA) is 47.0 Å². The van der Waals surface area contributed by atoms with E-state index in [0.29, 0.717) is 24.8 Å². The van der Waals surface area contributed by atoms with Crippen LogP contribution in [-0.4, -0.2) is 29.3 Å². The fourth-order valence-electron chi connectivity index (χ4n) is 2.72. The number of nitrogens with zero attached hydrogens (tertiary/aromatic N) is 2. The molecule has 0 fully saturated rings. The van der Waals surface area contributed by atoms with Crippen LogP contribution in [0.1, 0.15) is 29.3 Å². The zero-order valence-electron chi connectivity index (χ0n) is 13.0. The quantitative estimate of drug-likeness (QED) is 0.904. The summed E-state index contributed by atoms with van der Waals surface area (Å²) in [5.41, 5.74) is 2.76. The number of nitrogens with one attached hydrogen (secondary N) is 1. The van der Waals surface area contributed by atoms with Crippen molar-refractivity contribution in [2.45, 2.75) is 31.5 Å². The molecule has 24 heavy (non-hydrogen) atoms. The summed E-state index contributed by atoms with van der Waals surface area (Å²) < 4.78 is 42.7. The number of rotatable bonds is 5. The van der Waals surface area contributed by atoms with Gasteiger partial charge in [-0.25, -0.2) is 9.97 Å². The summed E-state index contributed by atoms with van der Waals surface area (Å²) in [6.45, 7) is 1.12. The van der Waals surface area contributed by atoms with E-state index in [-0.39, 0.29) is 12.5 Å². The van der Waals surface area contributed by atoms with E-state index >= 15 is 0 Å². The molecule has 1 aliphatic rings. The summed E-state index contributed by atoms with van der Waals surface area (Å²) in [5.74, 6) is 0.321. The maximum absolute atomic E-state index is 12.3. The highest BCUT2D eigenvalue weighted by Crippen LogP contribution is 2.27. The Morgan fingerprint density at radius 3 is 2.88 bits per heavy atom. The van der Waals surface area contributed by atoms with E-state index in [1.54, 1.807) is 0 Å². The molecule has 128 valence electrons. The third-order valence-corrected chi connectivity index (χ3v) is 3.92. The summed E-state index contributed by atoms with van der Waals surface area (Å²) in [7, 11) is 0. The maximum Gasteiger partial charge on any atom is 0.389 e. The molecule has 2 heterocycles. The molecule has 1 aliphatic heterocycles. The summed E-state index contributed by atoms with van der Waals surface area (Å²) in [6, 6.07) is 9.58. The SMILES string of the molecule is FC(F)(F)CCc1ccnc(NCC2OCCc3ccccc32)n1. The van der Waals surface area contributed by atoms with E-state index in [1.807, 2.05) is 18.2 Å². The molecule has 3 rings (SSSR count). The van der Waals surface area contributed by atoms with Gasteiger partial charge in [0.15, 0.2) is 0 Å². The van der Waals surface area contributed by atoms with Crippen molar-refractivity contribution in [3.8, 4) is 0 Å². The molecule has 1 unspecified atom stereocenters. The van der Waals surface area contributed by atoms with Gasteiger partial charge in [0.2, 0.25) is 5.95 Å². The highest BCUT2D eigenvalue weighted by atomic mass is 19.4. The third kappa shape index (κ3) is 4.44. The average molecular weight is 337 g/mol. The molecule has 2 aromatic rings. The van der Waals surface area contributed by atoms with Crippen molar-refractivity contribution in [3.63, 3.8) is 0 Å². The second-order valence-corrected chi connectivity index (χ2v) is 5.68. The summed E-state index contributed by atoms with van der Waals surface area (Å²) >= 11 is 0. The Kier molecular flexibility index (Phi) is 4.99. The summed E-state index contributed by atoms with van der Waals surface area (Å²) in [6.07, 6.45) is -2.98. The van der Waals surface area contributed by atoms with Crippen molar-refractivity contribution in [3.05, 3.63) is 53.3 Å². The van der Waals surface area contributed by atoms with Gasteiger partial charge in [-0.1, -0.05) is 24.3 Å². The van der Waals surface area contributed by atoms with E-state index in [2.05, 4.69) is 21.4 Å². The van der Waals surface area contributed by atoms with Crippen LogP contribution >= 0.6 is 0 Å². The van der Waals surface area contributed by atoms with Gasteiger partial charge in [-0.3, -0.25) is 0 Å². The third-order valence-electron chi connectivity index (χ3n) is 3.92. The lowest BCUT2D eigenvalue weighted by atomic mass is 9.98. The molecule has 4 nitrogen and oxygen atoms in total. The molecule has 1 aromatic heterocycles. The lowest BCUT2D eigenvalue weighted by molar-refractivity contribution is -0.134. The molecule has 1 aromatic carbocycles. The zero-order valence-corrected chi connectivity index (χ0v) is 13.0. The second-order valence-electron chi connectivity index (χ2n) is 5.68. The second kappa shape index (κ2) is 7.17. The van der Waals surface area contributed by atoms with Gasteiger partial charge < -0.3 is 10.1 Å². The van der Waals surface area contributed by atoms with Crippen LogP contribution in [0.5, 0.6) is 0 Å². The van der Waals surface area contributed by atoms with Gasteiger partial charge in [0.05, 0.1) is 6.61 Å². The standard InChI is InChI=1S/C17H18F3N3O/c18-17(19,20)8-5-13-6-9-21-16(23-13)22-11-15-14-4-2-1-3-12(14)7-10-24-15/h1-4,6,9,15H,5,7-8,10-11H2,(H,21,22,23). The number of halogens is 3.